The number of rotatable bonds is 0. The Bertz CT molecular complexity index is 161. The maximum Gasteiger partial charge on any atom is 0.394 e. The fourth-order valence-electron chi connectivity index (χ4n) is 2.67. The molecule has 3 rings (SSSR count). The van der Waals surface area contributed by atoms with Crippen LogP contribution in [0.15, 0.2) is 0 Å². The highest BCUT2D eigenvalue weighted by Crippen LogP contribution is 2.58. The molecule has 12 heavy (non-hydrogen) atoms. The topological polar surface area (TPSA) is 0 Å². The fraction of sp³-hybridized carbons (Fsp3) is 1.00. The van der Waals surface area contributed by atoms with E-state index in [4.69, 9.17) is 0 Å². The SMILES string of the molecule is FC(F)(F)C12CCC(CC1)CC2. The highest BCUT2D eigenvalue weighted by molar-refractivity contribution is 4.96. The fourth-order valence-corrected chi connectivity index (χ4v) is 2.67. The molecule has 0 amide bonds. The number of alkyl halides is 3. The minimum atomic E-state index is -3.95. The summed E-state index contributed by atoms with van der Waals surface area (Å²) in [7, 11) is 0. The predicted molar refractivity (Wildman–Crippen MR) is 39.7 cm³/mol. The van der Waals surface area contributed by atoms with Gasteiger partial charge in [-0.2, -0.15) is 13.2 Å². The summed E-state index contributed by atoms with van der Waals surface area (Å²) in [5, 5.41) is 0. The summed E-state index contributed by atoms with van der Waals surface area (Å²) in [4.78, 5) is 0. The van der Waals surface area contributed by atoms with Crippen LogP contribution in [-0.4, -0.2) is 6.18 Å². The van der Waals surface area contributed by atoms with Crippen molar-refractivity contribution in [2.45, 2.75) is 44.7 Å². The summed E-state index contributed by atoms with van der Waals surface area (Å²) in [5.41, 5.74) is -1.28. The first-order chi connectivity index (χ1) is 5.54. The molecule has 3 aliphatic carbocycles. The first kappa shape index (κ1) is 8.39. The van der Waals surface area contributed by atoms with Crippen LogP contribution in [0.5, 0.6) is 0 Å². The minimum Gasteiger partial charge on any atom is -0.171 e. The van der Waals surface area contributed by atoms with Crippen LogP contribution in [-0.2, 0) is 0 Å². The van der Waals surface area contributed by atoms with E-state index in [0.29, 0.717) is 25.2 Å². The van der Waals surface area contributed by atoms with Crippen LogP contribution < -0.4 is 0 Å². The minimum absolute atomic E-state index is 0.390. The second-order valence-corrected chi connectivity index (χ2v) is 4.26. The molecule has 70 valence electrons. The molecular weight excluding hydrogens is 165 g/mol. The standard InChI is InChI=1S/C9H13F3/c10-9(11,12)8-4-1-7(2-5-8)3-6-8/h7H,1-6H2. The Morgan fingerprint density at radius 2 is 1.33 bits per heavy atom. The number of hydrogen-bond acceptors (Lipinski definition) is 0. The van der Waals surface area contributed by atoms with Gasteiger partial charge >= 0.3 is 6.18 Å². The molecule has 3 aliphatic rings. The van der Waals surface area contributed by atoms with Crippen LogP contribution in [0.3, 0.4) is 0 Å². The van der Waals surface area contributed by atoms with Gasteiger partial charge in [0.15, 0.2) is 0 Å². The monoisotopic (exact) mass is 178 g/mol. The highest BCUT2D eigenvalue weighted by Gasteiger charge is 2.57. The van der Waals surface area contributed by atoms with Crippen molar-refractivity contribution in [2.24, 2.45) is 11.3 Å². The van der Waals surface area contributed by atoms with Gasteiger partial charge in [0.05, 0.1) is 5.41 Å². The van der Waals surface area contributed by atoms with Crippen molar-refractivity contribution in [1.82, 2.24) is 0 Å². The maximum atomic E-state index is 12.6. The first-order valence-corrected chi connectivity index (χ1v) is 4.60. The lowest BCUT2D eigenvalue weighted by molar-refractivity contribution is -0.250. The van der Waals surface area contributed by atoms with Gasteiger partial charge in [-0.15, -0.1) is 0 Å². The Kier molecular flexibility index (Phi) is 1.67. The summed E-state index contributed by atoms with van der Waals surface area (Å²) >= 11 is 0. The molecule has 2 bridgehead atoms. The number of hydrogen-bond donors (Lipinski definition) is 0. The molecule has 0 nitrogen and oxygen atoms in total. The molecule has 3 heteroatoms. The van der Waals surface area contributed by atoms with Gasteiger partial charge in [-0.1, -0.05) is 0 Å². The molecule has 0 saturated heterocycles. The number of halogens is 3. The van der Waals surface area contributed by atoms with Crippen LogP contribution in [0.25, 0.3) is 0 Å². The van der Waals surface area contributed by atoms with Crippen LogP contribution >= 0.6 is 0 Å². The van der Waals surface area contributed by atoms with Gasteiger partial charge in [0.2, 0.25) is 0 Å². The largest absolute Gasteiger partial charge is 0.394 e. The Hall–Kier alpha value is -0.210. The molecule has 0 aromatic heterocycles. The van der Waals surface area contributed by atoms with E-state index < -0.39 is 11.6 Å². The Labute approximate surface area is 70.1 Å². The summed E-state index contributed by atoms with van der Waals surface area (Å²) in [6.45, 7) is 0. The Morgan fingerprint density at radius 1 is 0.917 bits per heavy atom. The van der Waals surface area contributed by atoms with E-state index in [2.05, 4.69) is 0 Å². The molecule has 0 unspecified atom stereocenters. The van der Waals surface area contributed by atoms with Crippen molar-refractivity contribution in [2.75, 3.05) is 0 Å². The average molecular weight is 178 g/mol. The van der Waals surface area contributed by atoms with Crippen molar-refractivity contribution in [3.05, 3.63) is 0 Å². The normalized spacial score (nSPS) is 41.8. The summed E-state index contributed by atoms with van der Waals surface area (Å²) in [5.74, 6) is 0.606. The van der Waals surface area contributed by atoms with E-state index in [0.717, 1.165) is 19.3 Å². The van der Waals surface area contributed by atoms with Gasteiger partial charge in [0, 0.05) is 0 Å². The summed E-state index contributed by atoms with van der Waals surface area (Å²) in [6.07, 6.45) is -0.361. The zero-order valence-electron chi connectivity index (χ0n) is 6.95. The third-order valence-corrected chi connectivity index (χ3v) is 3.69. The number of fused-ring (bicyclic) bond motifs is 3. The van der Waals surface area contributed by atoms with Crippen LogP contribution in [0.2, 0.25) is 0 Å². The smallest absolute Gasteiger partial charge is 0.171 e. The van der Waals surface area contributed by atoms with E-state index in [1.165, 1.54) is 0 Å². The molecule has 0 radical (unpaired) electrons. The average Bonchev–Trinajstić information content (AvgIpc) is 2.06. The van der Waals surface area contributed by atoms with Crippen molar-refractivity contribution < 1.29 is 13.2 Å². The van der Waals surface area contributed by atoms with Gasteiger partial charge in [-0.3, -0.25) is 0 Å². The van der Waals surface area contributed by atoms with Crippen molar-refractivity contribution in [1.29, 1.82) is 0 Å². The highest BCUT2D eigenvalue weighted by atomic mass is 19.4. The zero-order chi connectivity index (χ0) is 8.82. The lowest BCUT2D eigenvalue weighted by Gasteiger charge is -2.47. The van der Waals surface area contributed by atoms with E-state index in [9.17, 15) is 13.2 Å². The molecule has 3 fully saturated rings. The molecule has 0 aromatic carbocycles. The molecule has 3 saturated carbocycles. The van der Waals surface area contributed by atoms with E-state index in [1.54, 1.807) is 0 Å². The predicted octanol–water partition coefficient (Wildman–Crippen LogP) is 3.52. The van der Waals surface area contributed by atoms with Crippen molar-refractivity contribution >= 4 is 0 Å². The van der Waals surface area contributed by atoms with Crippen LogP contribution in [0.4, 0.5) is 13.2 Å². The van der Waals surface area contributed by atoms with E-state index >= 15 is 0 Å². The third kappa shape index (κ3) is 1.05. The lowest BCUT2D eigenvalue weighted by atomic mass is 9.60. The van der Waals surface area contributed by atoms with Gasteiger partial charge in [-0.05, 0) is 44.4 Å². The first-order valence-electron chi connectivity index (χ1n) is 4.60. The van der Waals surface area contributed by atoms with Crippen LogP contribution in [0.1, 0.15) is 38.5 Å². The second-order valence-electron chi connectivity index (χ2n) is 4.26. The molecule has 0 aromatic rings. The summed E-state index contributed by atoms with van der Waals surface area (Å²) in [6, 6.07) is 0. The van der Waals surface area contributed by atoms with Gasteiger partial charge in [-0.25, -0.2) is 0 Å². The molecule has 0 aliphatic heterocycles. The lowest BCUT2D eigenvalue weighted by Crippen LogP contribution is -2.45. The Balaban J connectivity index is 2.19. The second kappa shape index (κ2) is 2.39. The molecule has 0 heterocycles. The van der Waals surface area contributed by atoms with Crippen LogP contribution in [0, 0.1) is 11.3 Å². The van der Waals surface area contributed by atoms with E-state index in [-0.39, 0.29) is 0 Å². The van der Waals surface area contributed by atoms with Gasteiger partial charge < -0.3 is 0 Å². The van der Waals surface area contributed by atoms with Crippen molar-refractivity contribution in [3.63, 3.8) is 0 Å². The quantitative estimate of drug-likeness (QED) is 0.532. The van der Waals surface area contributed by atoms with Gasteiger partial charge in [0.1, 0.15) is 0 Å². The Morgan fingerprint density at radius 3 is 1.58 bits per heavy atom. The summed E-state index contributed by atoms with van der Waals surface area (Å²) < 4.78 is 37.9. The third-order valence-electron chi connectivity index (χ3n) is 3.69. The van der Waals surface area contributed by atoms with E-state index in [1.807, 2.05) is 0 Å². The van der Waals surface area contributed by atoms with Crippen molar-refractivity contribution in [3.8, 4) is 0 Å². The molecular formula is C9H13F3. The maximum absolute atomic E-state index is 12.6. The molecule has 0 N–H and O–H groups in total. The zero-order valence-corrected chi connectivity index (χ0v) is 6.95. The van der Waals surface area contributed by atoms with Gasteiger partial charge in [0.25, 0.3) is 0 Å². The molecule has 0 spiro atoms. The molecule has 0 atom stereocenters.